The number of benzene rings is 1. The zero-order valence-electron chi connectivity index (χ0n) is 19.1. The van der Waals surface area contributed by atoms with Crippen molar-refractivity contribution in [2.75, 3.05) is 33.2 Å². The molecule has 2 saturated heterocycles. The van der Waals surface area contributed by atoms with Crippen molar-refractivity contribution in [3.05, 3.63) is 35.4 Å². The average molecular weight is 412 g/mol. The normalized spacial score (nSPS) is 27.8. The molecule has 3 aliphatic rings. The summed E-state index contributed by atoms with van der Waals surface area (Å²) in [6.45, 7) is 11.1. The third-order valence-electron chi connectivity index (χ3n) is 8.46. The van der Waals surface area contributed by atoms with Crippen molar-refractivity contribution >= 4 is 11.9 Å². The SMILES string of the molecule is CN(Cc1ccc(C(=O)N2CC3CCC(C)(C2)C3(C)C)cc1)C(=O)N1CCCCC1. The van der Waals surface area contributed by atoms with Crippen LogP contribution in [0.4, 0.5) is 4.79 Å². The predicted octanol–water partition coefficient (Wildman–Crippen LogP) is 4.62. The lowest BCUT2D eigenvalue weighted by atomic mass is 9.63. The summed E-state index contributed by atoms with van der Waals surface area (Å²) in [6, 6.07) is 7.96. The van der Waals surface area contributed by atoms with Gasteiger partial charge in [0.1, 0.15) is 0 Å². The van der Waals surface area contributed by atoms with Crippen LogP contribution in [0.25, 0.3) is 0 Å². The first-order valence-electron chi connectivity index (χ1n) is 11.6. The molecule has 5 heteroatoms. The number of likely N-dealkylation sites (tertiary alicyclic amines) is 2. The Labute approximate surface area is 181 Å². The molecular weight excluding hydrogens is 374 g/mol. The van der Waals surface area contributed by atoms with Crippen molar-refractivity contribution in [1.29, 1.82) is 0 Å². The highest BCUT2D eigenvalue weighted by Gasteiger charge is 2.56. The molecule has 4 rings (SSSR count). The molecule has 2 bridgehead atoms. The molecule has 1 aromatic carbocycles. The lowest BCUT2D eigenvalue weighted by molar-refractivity contribution is -0.0107. The maximum absolute atomic E-state index is 13.2. The molecule has 164 valence electrons. The van der Waals surface area contributed by atoms with Crippen LogP contribution in [0.1, 0.15) is 68.8 Å². The van der Waals surface area contributed by atoms with Crippen LogP contribution in [0, 0.1) is 16.7 Å². The lowest BCUT2D eigenvalue weighted by Gasteiger charge is -2.50. The topological polar surface area (TPSA) is 43.9 Å². The summed E-state index contributed by atoms with van der Waals surface area (Å²) in [5, 5.41) is 0. The van der Waals surface area contributed by atoms with E-state index in [-0.39, 0.29) is 17.4 Å². The Hall–Kier alpha value is -2.04. The van der Waals surface area contributed by atoms with E-state index in [1.807, 2.05) is 36.2 Å². The van der Waals surface area contributed by atoms with Gasteiger partial charge in [0.2, 0.25) is 0 Å². The van der Waals surface area contributed by atoms with E-state index in [2.05, 4.69) is 25.7 Å². The largest absolute Gasteiger partial charge is 0.338 e. The van der Waals surface area contributed by atoms with Gasteiger partial charge in [0.25, 0.3) is 5.91 Å². The molecule has 1 saturated carbocycles. The first-order chi connectivity index (χ1) is 14.2. The van der Waals surface area contributed by atoms with Crippen molar-refractivity contribution in [3.8, 4) is 0 Å². The van der Waals surface area contributed by atoms with Crippen LogP contribution in [-0.2, 0) is 6.54 Å². The van der Waals surface area contributed by atoms with E-state index >= 15 is 0 Å². The fraction of sp³-hybridized carbons (Fsp3) is 0.680. The molecule has 2 unspecified atom stereocenters. The number of rotatable bonds is 3. The maximum atomic E-state index is 13.2. The van der Waals surface area contributed by atoms with Crippen molar-refractivity contribution in [2.45, 2.75) is 59.4 Å². The van der Waals surface area contributed by atoms with Gasteiger partial charge >= 0.3 is 6.03 Å². The number of carbonyl (C=O) groups is 2. The lowest BCUT2D eigenvalue weighted by Crippen LogP contribution is -2.53. The van der Waals surface area contributed by atoms with E-state index in [0.29, 0.717) is 17.9 Å². The van der Waals surface area contributed by atoms with E-state index in [9.17, 15) is 9.59 Å². The molecule has 0 spiro atoms. The quantitative estimate of drug-likeness (QED) is 0.728. The second-order valence-electron chi connectivity index (χ2n) is 10.6. The number of fused-ring (bicyclic) bond motifs is 2. The van der Waals surface area contributed by atoms with E-state index in [1.165, 1.54) is 19.3 Å². The molecule has 3 fully saturated rings. The van der Waals surface area contributed by atoms with E-state index in [1.54, 1.807) is 4.90 Å². The number of urea groups is 1. The highest BCUT2D eigenvalue weighted by molar-refractivity contribution is 5.94. The first-order valence-corrected chi connectivity index (χ1v) is 11.6. The second-order valence-corrected chi connectivity index (χ2v) is 10.6. The number of nitrogens with zero attached hydrogens (tertiary/aromatic N) is 3. The molecular formula is C25H37N3O2. The van der Waals surface area contributed by atoms with E-state index in [0.717, 1.165) is 50.1 Å². The van der Waals surface area contributed by atoms with Gasteiger partial charge in [0, 0.05) is 45.3 Å². The Morgan fingerprint density at radius 3 is 2.33 bits per heavy atom. The second kappa shape index (κ2) is 7.90. The van der Waals surface area contributed by atoms with Gasteiger partial charge in [-0.2, -0.15) is 0 Å². The Kier molecular flexibility index (Phi) is 5.58. The van der Waals surface area contributed by atoms with E-state index < -0.39 is 0 Å². The molecule has 1 aliphatic carbocycles. The highest BCUT2D eigenvalue weighted by atomic mass is 16.2. The molecule has 5 nitrogen and oxygen atoms in total. The number of carbonyl (C=O) groups excluding carboxylic acids is 2. The molecule has 0 N–H and O–H groups in total. The van der Waals surface area contributed by atoms with Crippen LogP contribution in [0.5, 0.6) is 0 Å². The van der Waals surface area contributed by atoms with Crippen LogP contribution in [-0.4, -0.2) is 59.9 Å². The molecule has 2 aliphatic heterocycles. The zero-order valence-corrected chi connectivity index (χ0v) is 19.1. The predicted molar refractivity (Wildman–Crippen MR) is 119 cm³/mol. The minimum atomic E-state index is 0.106. The average Bonchev–Trinajstić information content (AvgIpc) is 2.88. The molecule has 3 amide bonds. The molecule has 2 heterocycles. The smallest absolute Gasteiger partial charge is 0.320 e. The van der Waals surface area contributed by atoms with Crippen LogP contribution in [0.2, 0.25) is 0 Å². The van der Waals surface area contributed by atoms with Crippen molar-refractivity contribution < 1.29 is 9.59 Å². The first kappa shape index (κ1) is 21.2. The molecule has 1 aromatic rings. The van der Waals surface area contributed by atoms with Gasteiger partial charge < -0.3 is 14.7 Å². The van der Waals surface area contributed by atoms with Gasteiger partial charge in [-0.15, -0.1) is 0 Å². The highest BCUT2D eigenvalue weighted by Crippen LogP contribution is 2.59. The minimum Gasteiger partial charge on any atom is -0.338 e. The third kappa shape index (κ3) is 3.72. The Morgan fingerprint density at radius 2 is 1.70 bits per heavy atom. The van der Waals surface area contributed by atoms with Crippen LogP contribution in [0.3, 0.4) is 0 Å². The van der Waals surface area contributed by atoms with Gasteiger partial charge in [0.15, 0.2) is 0 Å². The summed E-state index contributed by atoms with van der Waals surface area (Å²) in [4.78, 5) is 31.6. The summed E-state index contributed by atoms with van der Waals surface area (Å²) in [6.07, 6.45) is 5.86. The summed E-state index contributed by atoms with van der Waals surface area (Å²) < 4.78 is 0. The Balaban J connectivity index is 1.38. The Bertz CT molecular complexity index is 797. The fourth-order valence-electron chi connectivity index (χ4n) is 5.78. The standard InChI is InChI=1S/C25H37N3O2/c1-24(2)21-12-13-25(24,3)18-28(17-21)22(29)20-10-8-19(9-11-20)16-26(4)23(30)27-14-6-5-7-15-27/h8-11,21H,5-7,12-18H2,1-4H3. The monoisotopic (exact) mass is 411 g/mol. The number of hydrogen-bond acceptors (Lipinski definition) is 2. The van der Waals surface area contributed by atoms with Crippen molar-refractivity contribution in [3.63, 3.8) is 0 Å². The van der Waals surface area contributed by atoms with Gasteiger partial charge in [-0.25, -0.2) is 4.79 Å². The zero-order chi connectivity index (χ0) is 21.5. The fourth-order valence-corrected chi connectivity index (χ4v) is 5.78. The number of amides is 3. The molecule has 0 radical (unpaired) electrons. The molecule has 2 atom stereocenters. The maximum Gasteiger partial charge on any atom is 0.320 e. The summed E-state index contributed by atoms with van der Waals surface area (Å²) >= 11 is 0. The number of piperidine rings is 2. The van der Waals surface area contributed by atoms with Crippen LogP contribution < -0.4 is 0 Å². The summed E-state index contributed by atoms with van der Waals surface area (Å²) in [5.74, 6) is 0.738. The molecule has 0 aromatic heterocycles. The molecule has 30 heavy (non-hydrogen) atoms. The number of hydrogen-bond donors (Lipinski definition) is 0. The van der Waals surface area contributed by atoms with Gasteiger partial charge in [-0.05, 0) is 66.5 Å². The van der Waals surface area contributed by atoms with Gasteiger partial charge in [-0.1, -0.05) is 32.9 Å². The minimum absolute atomic E-state index is 0.106. The Morgan fingerprint density at radius 1 is 1.03 bits per heavy atom. The van der Waals surface area contributed by atoms with Crippen molar-refractivity contribution in [2.24, 2.45) is 16.7 Å². The van der Waals surface area contributed by atoms with Crippen LogP contribution >= 0.6 is 0 Å². The summed E-state index contributed by atoms with van der Waals surface area (Å²) in [5.41, 5.74) is 2.33. The van der Waals surface area contributed by atoms with E-state index in [4.69, 9.17) is 0 Å². The van der Waals surface area contributed by atoms with Gasteiger partial charge in [0.05, 0.1) is 0 Å². The summed E-state index contributed by atoms with van der Waals surface area (Å²) in [7, 11) is 1.86. The van der Waals surface area contributed by atoms with Crippen LogP contribution in [0.15, 0.2) is 24.3 Å². The third-order valence-corrected chi connectivity index (χ3v) is 8.46. The van der Waals surface area contributed by atoms with Gasteiger partial charge in [-0.3, -0.25) is 4.79 Å². The van der Waals surface area contributed by atoms with Crippen molar-refractivity contribution in [1.82, 2.24) is 14.7 Å².